The van der Waals surface area contributed by atoms with Crippen molar-refractivity contribution in [2.24, 2.45) is 0 Å². The normalized spacial score (nSPS) is 11.5. The predicted molar refractivity (Wildman–Crippen MR) is 126 cm³/mol. The minimum atomic E-state index is -0.637. The molecule has 1 unspecified atom stereocenters. The highest BCUT2D eigenvalue weighted by Gasteiger charge is 2.29. The molecule has 6 heteroatoms. The number of aryl methyl sites for hydroxylation is 1. The van der Waals surface area contributed by atoms with Gasteiger partial charge in [-0.2, -0.15) is 0 Å². The Kier molecular flexibility index (Phi) is 8.58. The maximum atomic E-state index is 12.9. The topological polar surface area (TPSA) is 74.7 Å². The van der Waals surface area contributed by atoms with Crippen molar-refractivity contribution in [2.45, 2.75) is 32.1 Å². The number of ether oxygens (including phenoxy) is 3. The Morgan fingerprint density at radius 1 is 0.970 bits per heavy atom. The molecule has 0 aliphatic rings. The lowest BCUT2D eigenvalue weighted by Gasteiger charge is -2.21. The summed E-state index contributed by atoms with van der Waals surface area (Å²) in [5.41, 5.74) is 4.60. The quantitative estimate of drug-likeness (QED) is 0.418. The van der Waals surface area contributed by atoms with E-state index in [1.807, 2.05) is 42.5 Å². The highest BCUT2D eigenvalue weighted by molar-refractivity contribution is 5.80. The largest absolute Gasteiger partial charge is 0.481 e. The summed E-state index contributed by atoms with van der Waals surface area (Å²) in [5, 5.41) is 0. The molecule has 0 amide bonds. The van der Waals surface area contributed by atoms with Gasteiger partial charge in [0.2, 0.25) is 5.88 Å². The predicted octanol–water partition coefficient (Wildman–Crippen LogP) is 4.75. The van der Waals surface area contributed by atoms with Crippen LogP contribution in [0.3, 0.4) is 0 Å². The van der Waals surface area contributed by atoms with Crippen molar-refractivity contribution < 1.29 is 23.8 Å². The van der Waals surface area contributed by atoms with Crippen LogP contribution in [-0.2, 0) is 31.9 Å². The van der Waals surface area contributed by atoms with Crippen LogP contribution in [0.25, 0.3) is 11.1 Å². The number of benzene rings is 2. The van der Waals surface area contributed by atoms with Gasteiger partial charge < -0.3 is 14.2 Å². The summed E-state index contributed by atoms with van der Waals surface area (Å²) in [6.45, 7) is 2.10. The first kappa shape index (κ1) is 24.0. The fourth-order valence-corrected chi connectivity index (χ4v) is 3.90. The van der Waals surface area contributed by atoms with Crippen LogP contribution < -0.4 is 4.74 Å². The number of esters is 2. The first-order valence-corrected chi connectivity index (χ1v) is 11.0. The molecule has 0 spiro atoms. The second kappa shape index (κ2) is 11.8. The molecule has 33 heavy (non-hydrogen) atoms. The van der Waals surface area contributed by atoms with E-state index in [1.165, 1.54) is 14.2 Å². The average molecular weight is 448 g/mol. The van der Waals surface area contributed by atoms with Gasteiger partial charge in [0.05, 0.1) is 26.7 Å². The van der Waals surface area contributed by atoms with Crippen molar-refractivity contribution in [2.75, 3.05) is 20.8 Å². The van der Waals surface area contributed by atoms with Gasteiger partial charge in [0.1, 0.15) is 0 Å². The van der Waals surface area contributed by atoms with E-state index in [0.717, 1.165) is 22.3 Å². The minimum Gasteiger partial charge on any atom is -0.481 e. The molecule has 3 aromatic rings. The molecule has 1 aromatic heterocycles. The second-order valence-corrected chi connectivity index (χ2v) is 7.54. The molecule has 2 aromatic carbocycles. The molecule has 1 heterocycles. The van der Waals surface area contributed by atoms with E-state index in [9.17, 15) is 9.59 Å². The lowest BCUT2D eigenvalue weighted by atomic mass is 9.87. The SMILES string of the molecule is CCOC(=O)CCc1ccnc(OC)c1C(Cc1cccc(-c2ccccc2)c1)C(=O)OC. The molecule has 0 fully saturated rings. The fraction of sp³-hybridized carbons (Fsp3) is 0.296. The Morgan fingerprint density at radius 3 is 2.42 bits per heavy atom. The Balaban J connectivity index is 1.97. The second-order valence-electron chi connectivity index (χ2n) is 7.54. The lowest BCUT2D eigenvalue weighted by Crippen LogP contribution is -2.20. The van der Waals surface area contributed by atoms with Crippen LogP contribution >= 0.6 is 0 Å². The van der Waals surface area contributed by atoms with Crippen LogP contribution in [0.15, 0.2) is 66.9 Å². The third-order valence-corrected chi connectivity index (χ3v) is 5.45. The molecule has 0 saturated carbocycles. The molecule has 0 N–H and O–H groups in total. The molecule has 0 radical (unpaired) electrons. The van der Waals surface area contributed by atoms with Gasteiger partial charge in [-0.1, -0.05) is 54.6 Å². The van der Waals surface area contributed by atoms with Crippen molar-refractivity contribution in [3.05, 3.63) is 83.6 Å². The van der Waals surface area contributed by atoms with Crippen molar-refractivity contribution >= 4 is 11.9 Å². The summed E-state index contributed by atoms with van der Waals surface area (Å²) in [4.78, 5) is 29.2. The standard InChI is InChI=1S/C27H29NO5/c1-4-33-24(29)14-13-21-15-16-28-26(31-2)25(21)23(27(30)32-3)18-19-9-8-12-22(17-19)20-10-6-5-7-11-20/h5-12,15-17,23H,4,13-14,18H2,1-3H3. The van der Waals surface area contributed by atoms with E-state index >= 15 is 0 Å². The molecule has 0 saturated heterocycles. The van der Waals surface area contributed by atoms with Crippen LogP contribution in [0.4, 0.5) is 0 Å². The van der Waals surface area contributed by atoms with Gasteiger partial charge in [0, 0.05) is 18.2 Å². The number of carbonyl (C=O) groups is 2. The van der Waals surface area contributed by atoms with Crippen LogP contribution in [0, 0.1) is 0 Å². The molecular formula is C27H29NO5. The van der Waals surface area contributed by atoms with Crippen LogP contribution in [0.2, 0.25) is 0 Å². The van der Waals surface area contributed by atoms with E-state index < -0.39 is 5.92 Å². The van der Waals surface area contributed by atoms with E-state index in [0.29, 0.717) is 30.9 Å². The van der Waals surface area contributed by atoms with Crippen molar-refractivity contribution in [3.63, 3.8) is 0 Å². The van der Waals surface area contributed by atoms with Gasteiger partial charge in [0.15, 0.2) is 0 Å². The molecule has 0 aliphatic heterocycles. The van der Waals surface area contributed by atoms with Crippen molar-refractivity contribution in [1.82, 2.24) is 4.98 Å². The first-order valence-electron chi connectivity index (χ1n) is 11.0. The van der Waals surface area contributed by atoms with Crippen LogP contribution in [-0.4, -0.2) is 37.7 Å². The number of hydrogen-bond acceptors (Lipinski definition) is 6. The third-order valence-electron chi connectivity index (χ3n) is 5.45. The van der Waals surface area contributed by atoms with Gasteiger partial charge in [-0.15, -0.1) is 0 Å². The van der Waals surface area contributed by atoms with Crippen LogP contribution in [0.1, 0.15) is 36.0 Å². The monoisotopic (exact) mass is 447 g/mol. The number of aromatic nitrogens is 1. The van der Waals surface area contributed by atoms with Crippen molar-refractivity contribution in [3.8, 4) is 17.0 Å². The summed E-state index contributed by atoms with van der Waals surface area (Å²) < 4.78 is 15.7. The Bertz CT molecular complexity index is 1080. The van der Waals surface area contributed by atoms with Crippen LogP contribution in [0.5, 0.6) is 5.88 Å². The highest BCUT2D eigenvalue weighted by Crippen LogP contribution is 2.33. The molecule has 172 valence electrons. The number of nitrogens with zero attached hydrogens (tertiary/aromatic N) is 1. The smallest absolute Gasteiger partial charge is 0.313 e. The molecule has 6 nitrogen and oxygen atoms in total. The highest BCUT2D eigenvalue weighted by atomic mass is 16.5. The van der Waals surface area contributed by atoms with Gasteiger partial charge in [-0.3, -0.25) is 9.59 Å². The minimum absolute atomic E-state index is 0.200. The van der Waals surface area contributed by atoms with E-state index in [-0.39, 0.29) is 18.4 Å². The zero-order valence-corrected chi connectivity index (χ0v) is 19.2. The maximum Gasteiger partial charge on any atom is 0.313 e. The molecule has 0 bridgehead atoms. The molecular weight excluding hydrogens is 418 g/mol. The van der Waals surface area contributed by atoms with Gasteiger partial charge in [-0.25, -0.2) is 4.98 Å². The Morgan fingerprint density at radius 2 is 1.73 bits per heavy atom. The van der Waals surface area contributed by atoms with E-state index in [4.69, 9.17) is 14.2 Å². The number of hydrogen-bond donors (Lipinski definition) is 0. The first-order chi connectivity index (χ1) is 16.1. The average Bonchev–Trinajstić information content (AvgIpc) is 2.86. The Hall–Kier alpha value is -3.67. The number of rotatable bonds is 10. The van der Waals surface area contributed by atoms with Gasteiger partial charge >= 0.3 is 11.9 Å². The molecule has 0 aliphatic carbocycles. The summed E-state index contributed by atoms with van der Waals surface area (Å²) in [7, 11) is 2.89. The zero-order valence-electron chi connectivity index (χ0n) is 19.2. The van der Waals surface area contributed by atoms with Gasteiger partial charge in [0.25, 0.3) is 0 Å². The number of methoxy groups -OCH3 is 2. The number of pyridine rings is 1. The number of carbonyl (C=O) groups excluding carboxylic acids is 2. The summed E-state index contributed by atoms with van der Waals surface area (Å²) in [5.74, 6) is -0.957. The molecule has 3 rings (SSSR count). The van der Waals surface area contributed by atoms with Crippen molar-refractivity contribution in [1.29, 1.82) is 0 Å². The summed E-state index contributed by atoms with van der Waals surface area (Å²) in [6.07, 6.45) is 2.63. The third kappa shape index (κ3) is 6.19. The summed E-state index contributed by atoms with van der Waals surface area (Å²) >= 11 is 0. The maximum absolute atomic E-state index is 12.9. The van der Waals surface area contributed by atoms with E-state index in [2.05, 4.69) is 23.2 Å². The van der Waals surface area contributed by atoms with E-state index in [1.54, 1.807) is 13.1 Å². The van der Waals surface area contributed by atoms with Gasteiger partial charge in [-0.05, 0) is 48.1 Å². The fourth-order valence-electron chi connectivity index (χ4n) is 3.90. The summed E-state index contributed by atoms with van der Waals surface area (Å²) in [6, 6.07) is 20.0. The Labute approximate surface area is 194 Å². The lowest BCUT2D eigenvalue weighted by molar-refractivity contribution is -0.143. The molecule has 1 atom stereocenters. The zero-order chi connectivity index (χ0) is 23.6.